The van der Waals surface area contributed by atoms with E-state index < -0.39 is 0 Å². The van der Waals surface area contributed by atoms with Crippen LogP contribution in [0, 0.1) is 6.92 Å². The topological polar surface area (TPSA) is 64.6 Å². The zero-order chi connectivity index (χ0) is 17.2. The zero-order valence-electron chi connectivity index (χ0n) is 14.2. The van der Waals surface area contributed by atoms with Crippen LogP contribution in [-0.4, -0.2) is 52.2 Å². The number of nitrogens with zero attached hydrogens (tertiary/aromatic N) is 3. The third-order valence-corrected chi connectivity index (χ3v) is 4.84. The second-order valence-corrected chi connectivity index (χ2v) is 6.57. The number of hydrogen-bond donors (Lipinski definition) is 0. The first-order chi connectivity index (χ1) is 12.2. The van der Waals surface area contributed by atoms with Crippen molar-refractivity contribution in [2.75, 3.05) is 13.2 Å². The molecule has 1 saturated heterocycles. The van der Waals surface area contributed by atoms with Gasteiger partial charge in [-0.2, -0.15) is 0 Å². The van der Waals surface area contributed by atoms with Crippen LogP contribution >= 0.6 is 0 Å². The highest BCUT2D eigenvalue weighted by Gasteiger charge is 2.45. The third-order valence-electron chi connectivity index (χ3n) is 4.84. The van der Waals surface area contributed by atoms with Gasteiger partial charge >= 0.3 is 0 Å². The van der Waals surface area contributed by atoms with Crippen molar-refractivity contribution in [1.82, 2.24) is 14.9 Å². The molecule has 2 aromatic heterocycles. The Morgan fingerprint density at radius 1 is 1.28 bits per heavy atom. The first-order valence-corrected chi connectivity index (χ1v) is 8.63. The van der Waals surface area contributed by atoms with Gasteiger partial charge in [-0.25, -0.2) is 0 Å². The molecule has 6 nitrogen and oxygen atoms in total. The van der Waals surface area contributed by atoms with Crippen molar-refractivity contribution < 1.29 is 14.3 Å². The molecule has 6 heteroatoms. The van der Waals surface area contributed by atoms with Gasteiger partial charge < -0.3 is 14.4 Å². The lowest BCUT2D eigenvalue weighted by Crippen LogP contribution is -2.54. The van der Waals surface area contributed by atoms with Crippen molar-refractivity contribution in [3.63, 3.8) is 0 Å². The number of rotatable bonds is 3. The standard InChI is InChI=1S/C19H21N3O3/c1-13-9-14(11-21-10-13)19(23)22-7-8-24-18-16(22)4-5-17(18)25-15-3-2-6-20-12-15/h2-3,6,9-12,16-18H,4-5,7-8H2,1H3/t16-,17+,18+/m1/s1. The minimum atomic E-state index is -0.101. The zero-order valence-corrected chi connectivity index (χ0v) is 14.2. The van der Waals surface area contributed by atoms with Gasteiger partial charge in [-0.1, -0.05) is 0 Å². The van der Waals surface area contributed by atoms with Crippen LogP contribution in [0.25, 0.3) is 0 Å². The Morgan fingerprint density at radius 2 is 2.20 bits per heavy atom. The van der Waals surface area contributed by atoms with Gasteiger partial charge in [-0.15, -0.1) is 0 Å². The van der Waals surface area contributed by atoms with Crippen LogP contribution in [0.15, 0.2) is 43.0 Å². The fourth-order valence-electron chi connectivity index (χ4n) is 3.72. The first-order valence-electron chi connectivity index (χ1n) is 8.63. The Hall–Kier alpha value is -2.47. The maximum Gasteiger partial charge on any atom is 0.255 e. The van der Waals surface area contributed by atoms with Crippen LogP contribution in [0.2, 0.25) is 0 Å². The van der Waals surface area contributed by atoms with Gasteiger partial charge in [0.15, 0.2) is 0 Å². The number of aromatic nitrogens is 2. The highest BCUT2D eigenvalue weighted by molar-refractivity contribution is 5.94. The molecule has 2 aliphatic rings. The van der Waals surface area contributed by atoms with Gasteiger partial charge in [0.2, 0.25) is 0 Å². The molecule has 1 saturated carbocycles. The van der Waals surface area contributed by atoms with E-state index in [9.17, 15) is 4.79 Å². The van der Waals surface area contributed by atoms with Gasteiger partial charge in [0.25, 0.3) is 5.91 Å². The van der Waals surface area contributed by atoms with E-state index in [2.05, 4.69) is 9.97 Å². The predicted octanol–water partition coefficient (Wildman–Crippen LogP) is 2.24. The average molecular weight is 339 g/mol. The monoisotopic (exact) mass is 339 g/mol. The molecular formula is C19H21N3O3. The number of morpholine rings is 1. The summed E-state index contributed by atoms with van der Waals surface area (Å²) in [5, 5.41) is 0. The number of carbonyl (C=O) groups excluding carboxylic acids is 1. The second kappa shape index (κ2) is 6.80. The number of aryl methyl sites for hydroxylation is 1. The molecule has 130 valence electrons. The number of carbonyl (C=O) groups is 1. The van der Waals surface area contributed by atoms with Crippen LogP contribution in [0.1, 0.15) is 28.8 Å². The van der Waals surface area contributed by atoms with Crippen LogP contribution in [-0.2, 0) is 4.74 Å². The molecule has 2 aromatic rings. The van der Waals surface area contributed by atoms with Crippen LogP contribution in [0.5, 0.6) is 5.75 Å². The summed E-state index contributed by atoms with van der Waals surface area (Å²) in [6.45, 7) is 3.08. The van der Waals surface area contributed by atoms with E-state index in [4.69, 9.17) is 9.47 Å². The molecule has 0 radical (unpaired) electrons. The Bertz CT molecular complexity index is 753. The lowest BCUT2D eigenvalue weighted by molar-refractivity contribution is -0.0786. The van der Waals surface area contributed by atoms with E-state index in [-0.39, 0.29) is 24.2 Å². The largest absolute Gasteiger partial charge is 0.486 e. The molecule has 3 atom stereocenters. The Morgan fingerprint density at radius 3 is 3.00 bits per heavy atom. The lowest BCUT2D eigenvalue weighted by atomic mass is 10.1. The van der Waals surface area contributed by atoms with E-state index in [1.165, 1.54) is 0 Å². The molecule has 25 heavy (non-hydrogen) atoms. The number of ether oxygens (including phenoxy) is 2. The summed E-state index contributed by atoms with van der Waals surface area (Å²) in [7, 11) is 0. The molecule has 1 amide bonds. The molecule has 0 aromatic carbocycles. The highest BCUT2D eigenvalue weighted by Crippen LogP contribution is 2.33. The first kappa shape index (κ1) is 16.0. The molecule has 4 rings (SSSR count). The third kappa shape index (κ3) is 3.22. The van der Waals surface area contributed by atoms with Crippen molar-refractivity contribution in [1.29, 1.82) is 0 Å². The van der Waals surface area contributed by atoms with E-state index >= 15 is 0 Å². The fraction of sp³-hybridized carbons (Fsp3) is 0.421. The van der Waals surface area contributed by atoms with Crippen molar-refractivity contribution in [3.8, 4) is 5.75 Å². The van der Waals surface area contributed by atoms with Crippen LogP contribution in [0.3, 0.4) is 0 Å². The summed E-state index contributed by atoms with van der Waals surface area (Å²) in [4.78, 5) is 23.1. The van der Waals surface area contributed by atoms with Gasteiger partial charge in [-0.05, 0) is 43.5 Å². The molecule has 1 aliphatic heterocycles. The summed E-state index contributed by atoms with van der Waals surface area (Å²) >= 11 is 0. The molecule has 0 spiro atoms. The fourth-order valence-corrected chi connectivity index (χ4v) is 3.72. The molecule has 1 aliphatic carbocycles. The number of amides is 1. The summed E-state index contributed by atoms with van der Waals surface area (Å²) in [6, 6.07) is 5.68. The lowest BCUT2D eigenvalue weighted by Gasteiger charge is -2.39. The average Bonchev–Trinajstić information content (AvgIpc) is 3.05. The van der Waals surface area contributed by atoms with Gasteiger partial charge in [0.05, 0.1) is 24.4 Å². The highest BCUT2D eigenvalue weighted by atomic mass is 16.5. The SMILES string of the molecule is Cc1cncc(C(=O)N2CCO[C@@H]3[C@@H](Oc4cccnc4)CC[C@H]32)c1. The number of hydrogen-bond acceptors (Lipinski definition) is 5. The molecule has 0 N–H and O–H groups in total. The normalized spacial score (nSPS) is 25.5. The van der Waals surface area contributed by atoms with Gasteiger partial charge in [-0.3, -0.25) is 14.8 Å². The second-order valence-electron chi connectivity index (χ2n) is 6.57. The summed E-state index contributed by atoms with van der Waals surface area (Å²) in [6.07, 6.45) is 8.40. The van der Waals surface area contributed by atoms with E-state index in [1.54, 1.807) is 24.8 Å². The Labute approximate surface area is 146 Å². The van der Waals surface area contributed by atoms with Crippen LogP contribution < -0.4 is 4.74 Å². The van der Waals surface area contributed by atoms with E-state index in [0.717, 1.165) is 24.2 Å². The van der Waals surface area contributed by atoms with Crippen molar-refractivity contribution in [2.24, 2.45) is 0 Å². The van der Waals surface area contributed by atoms with E-state index in [0.29, 0.717) is 18.7 Å². The maximum atomic E-state index is 12.9. The minimum absolute atomic E-state index is 0.0246. The summed E-state index contributed by atoms with van der Waals surface area (Å²) < 4.78 is 12.0. The molecule has 2 fully saturated rings. The van der Waals surface area contributed by atoms with Gasteiger partial charge in [0.1, 0.15) is 18.0 Å². The molecule has 0 unspecified atom stereocenters. The quantitative estimate of drug-likeness (QED) is 0.858. The smallest absolute Gasteiger partial charge is 0.255 e. The summed E-state index contributed by atoms with van der Waals surface area (Å²) in [5.74, 6) is 0.764. The maximum absolute atomic E-state index is 12.9. The molecule has 3 heterocycles. The molecule has 0 bridgehead atoms. The summed E-state index contributed by atoms with van der Waals surface area (Å²) in [5.41, 5.74) is 1.62. The van der Waals surface area contributed by atoms with E-state index in [1.807, 2.05) is 30.0 Å². The Kier molecular flexibility index (Phi) is 4.36. The van der Waals surface area contributed by atoms with Crippen molar-refractivity contribution >= 4 is 5.91 Å². The number of fused-ring (bicyclic) bond motifs is 1. The van der Waals surface area contributed by atoms with Crippen molar-refractivity contribution in [3.05, 3.63) is 54.1 Å². The van der Waals surface area contributed by atoms with Crippen molar-refractivity contribution in [2.45, 2.75) is 38.0 Å². The molecular weight excluding hydrogens is 318 g/mol. The van der Waals surface area contributed by atoms with Crippen LogP contribution in [0.4, 0.5) is 0 Å². The number of pyridine rings is 2. The predicted molar refractivity (Wildman–Crippen MR) is 91.4 cm³/mol. The van der Waals surface area contributed by atoms with Gasteiger partial charge in [0, 0.05) is 25.1 Å². The Balaban J connectivity index is 1.50. The minimum Gasteiger partial charge on any atom is -0.486 e.